The van der Waals surface area contributed by atoms with E-state index >= 15 is 0 Å². The lowest BCUT2D eigenvalue weighted by molar-refractivity contribution is -0.137. The molecule has 1 aromatic heterocycles. The number of hydrogen-bond acceptors (Lipinski definition) is 7. The minimum Gasteiger partial charge on any atom is -0.389 e. The highest BCUT2D eigenvalue weighted by Gasteiger charge is 2.43. The van der Waals surface area contributed by atoms with Crippen LogP contribution in [0.4, 0.5) is 40.7 Å². The normalized spacial score (nSPS) is 24.7. The summed E-state index contributed by atoms with van der Waals surface area (Å²) in [5, 5.41) is 15.5. The van der Waals surface area contributed by atoms with E-state index in [9.17, 15) is 22.7 Å². The van der Waals surface area contributed by atoms with Gasteiger partial charge in [-0.2, -0.15) is 18.2 Å². The third-order valence-corrected chi connectivity index (χ3v) is 7.30. The summed E-state index contributed by atoms with van der Waals surface area (Å²) in [6, 6.07) is 4.32. The molecule has 5 rings (SSSR count). The van der Waals surface area contributed by atoms with Gasteiger partial charge in [-0.05, 0) is 64.3 Å². The molecular formula is C24H30F4N6O. The number of aliphatic hydroxyl groups is 1. The summed E-state index contributed by atoms with van der Waals surface area (Å²) in [6.07, 6.45) is -0.185. The minimum atomic E-state index is -4.58. The van der Waals surface area contributed by atoms with Gasteiger partial charge in [-0.1, -0.05) is 0 Å². The zero-order valence-electron chi connectivity index (χ0n) is 19.7. The molecule has 11 heteroatoms. The summed E-state index contributed by atoms with van der Waals surface area (Å²) in [4.78, 5) is 12.2. The number of hydrogen-bond donors (Lipinski definition) is 3. The van der Waals surface area contributed by atoms with E-state index in [1.54, 1.807) is 0 Å². The Morgan fingerprint density at radius 3 is 2.69 bits per heavy atom. The molecule has 3 saturated heterocycles. The zero-order chi connectivity index (χ0) is 25.0. The molecule has 0 radical (unpaired) electrons. The first-order chi connectivity index (χ1) is 16.5. The first-order valence-electron chi connectivity index (χ1n) is 12.0. The van der Waals surface area contributed by atoms with E-state index in [0.29, 0.717) is 6.04 Å². The molecule has 35 heavy (non-hydrogen) atoms. The van der Waals surface area contributed by atoms with Crippen LogP contribution < -0.4 is 15.5 Å². The number of nitrogens with one attached hydrogen (secondary N) is 2. The molecule has 1 aromatic carbocycles. The molecule has 7 nitrogen and oxygen atoms in total. The molecule has 3 aliphatic rings. The minimum absolute atomic E-state index is 0.00621. The Bertz CT molecular complexity index is 1090. The number of halogens is 4. The summed E-state index contributed by atoms with van der Waals surface area (Å²) in [6.45, 7) is 5.79. The van der Waals surface area contributed by atoms with Gasteiger partial charge in [0, 0.05) is 42.1 Å². The number of fused-ring (bicyclic) bond motifs is 1. The Morgan fingerprint density at radius 1 is 1.20 bits per heavy atom. The predicted molar refractivity (Wildman–Crippen MR) is 125 cm³/mol. The SMILES string of the molecule is CC1(C)CC(Nc2nc(Nc3ccc(N4CC(O)C4)c(C(F)(F)F)c3)ncc2F)CC2CCCN21. The van der Waals surface area contributed by atoms with E-state index in [1.807, 2.05) is 0 Å². The van der Waals surface area contributed by atoms with Crippen molar-refractivity contribution in [1.29, 1.82) is 0 Å². The Hall–Kier alpha value is -2.66. The van der Waals surface area contributed by atoms with Crippen LogP contribution in [0.1, 0.15) is 45.1 Å². The van der Waals surface area contributed by atoms with E-state index < -0.39 is 23.7 Å². The van der Waals surface area contributed by atoms with Crippen LogP contribution in [0.25, 0.3) is 0 Å². The van der Waals surface area contributed by atoms with Crippen LogP contribution in [-0.4, -0.2) is 63.3 Å². The molecule has 2 atom stereocenters. The van der Waals surface area contributed by atoms with Crippen LogP contribution in [0, 0.1) is 5.82 Å². The van der Waals surface area contributed by atoms with Gasteiger partial charge in [0.15, 0.2) is 11.6 Å². The van der Waals surface area contributed by atoms with Crippen molar-refractivity contribution in [2.45, 2.75) is 69.4 Å². The van der Waals surface area contributed by atoms with Crippen LogP contribution in [0.5, 0.6) is 0 Å². The van der Waals surface area contributed by atoms with E-state index in [2.05, 4.69) is 39.3 Å². The quantitative estimate of drug-likeness (QED) is 0.533. The monoisotopic (exact) mass is 494 g/mol. The molecule has 3 N–H and O–H groups in total. The number of nitrogens with zero attached hydrogens (tertiary/aromatic N) is 4. The van der Waals surface area contributed by atoms with Gasteiger partial charge in [0.1, 0.15) is 0 Å². The molecule has 4 heterocycles. The number of benzene rings is 1. The van der Waals surface area contributed by atoms with Gasteiger partial charge in [0.2, 0.25) is 5.95 Å². The lowest BCUT2D eigenvalue weighted by atomic mass is 9.84. The van der Waals surface area contributed by atoms with Crippen LogP contribution in [0.2, 0.25) is 0 Å². The average Bonchev–Trinajstić information content (AvgIpc) is 3.23. The van der Waals surface area contributed by atoms with E-state index in [0.717, 1.165) is 44.5 Å². The van der Waals surface area contributed by atoms with Crippen molar-refractivity contribution in [2.24, 2.45) is 0 Å². The van der Waals surface area contributed by atoms with Crippen LogP contribution in [0.3, 0.4) is 0 Å². The molecule has 190 valence electrons. The summed E-state index contributed by atoms with van der Waals surface area (Å²) in [5.41, 5.74) is -0.679. The standard InChI is InChI=1S/C24H30F4N6O/c1-23(2)10-15(8-16-4-3-7-34(16)23)30-21-19(25)11-29-22(32-21)31-14-5-6-20(33-12-17(35)13-33)18(9-14)24(26,27)28/h5-6,9,11,15-17,35H,3-4,7-8,10,12-13H2,1-2H3,(H2,29,30,31,32). The van der Waals surface area contributed by atoms with Crippen molar-refractivity contribution < 1.29 is 22.7 Å². The molecule has 3 aliphatic heterocycles. The van der Waals surface area contributed by atoms with Crippen LogP contribution >= 0.6 is 0 Å². The highest BCUT2D eigenvalue weighted by atomic mass is 19.4. The Morgan fingerprint density at radius 2 is 1.97 bits per heavy atom. The van der Waals surface area contributed by atoms with E-state index in [1.165, 1.54) is 17.0 Å². The molecular weight excluding hydrogens is 464 g/mol. The third-order valence-electron chi connectivity index (χ3n) is 7.30. The molecule has 3 fully saturated rings. The van der Waals surface area contributed by atoms with Crippen molar-refractivity contribution in [1.82, 2.24) is 14.9 Å². The first kappa shape index (κ1) is 24.1. The van der Waals surface area contributed by atoms with Gasteiger partial charge in [-0.3, -0.25) is 4.90 Å². The molecule has 2 aromatic rings. The average molecular weight is 495 g/mol. The summed E-state index contributed by atoms with van der Waals surface area (Å²) in [5.74, 6) is -0.562. The zero-order valence-corrected chi connectivity index (χ0v) is 19.7. The van der Waals surface area contributed by atoms with Crippen molar-refractivity contribution >= 4 is 23.1 Å². The number of anilines is 4. The summed E-state index contributed by atoms with van der Waals surface area (Å²) < 4.78 is 55.7. The maximum absolute atomic E-state index is 14.6. The second-order valence-electron chi connectivity index (χ2n) is 10.4. The number of β-amino-alcohol motifs (C(OH)–C–C–N with tert-alkyl or cyclic N) is 1. The van der Waals surface area contributed by atoms with Gasteiger partial charge in [-0.15, -0.1) is 0 Å². The summed E-state index contributed by atoms with van der Waals surface area (Å²) in [7, 11) is 0. The van der Waals surface area contributed by atoms with Crippen LogP contribution in [-0.2, 0) is 6.18 Å². The maximum atomic E-state index is 14.6. The largest absolute Gasteiger partial charge is 0.418 e. The lowest BCUT2D eigenvalue weighted by Gasteiger charge is -2.47. The summed E-state index contributed by atoms with van der Waals surface area (Å²) >= 11 is 0. The Labute approximate surface area is 201 Å². The Balaban J connectivity index is 1.34. The molecule has 0 amide bonds. The van der Waals surface area contributed by atoms with Crippen molar-refractivity contribution in [3.05, 3.63) is 35.8 Å². The highest BCUT2D eigenvalue weighted by molar-refractivity contribution is 5.66. The van der Waals surface area contributed by atoms with Crippen molar-refractivity contribution in [3.8, 4) is 0 Å². The fourth-order valence-corrected chi connectivity index (χ4v) is 5.74. The van der Waals surface area contributed by atoms with Gasteiger partial charge >= 0.3 is 6.18 Å². The smallest absolute Gasteiger partial charge is 0.389 e. The highest BCUT2D eigenvalue weighted by Crippen LogP contribution is 2.41. The molecule has 2 unspecified atom stereocenters. The number of aliphatic hydroxyl groups excluding tert-OH is 1. The number of aromatic nitrogens is 2. The van der Waals surface area contributed by atoms with Gasteiger partial charge < -0.3 is 20.6 Å². The molecule has 0 spiro atoms. The van der Waals surface area contributed by atoms with Crippen molar-refractivity contribution in [2.75, 3.05) is 35.2 Å². The fourth-order valence-electron chi connectivity index (χ4n) is 5.74. The number of rotatable bonds is 5. The van der Waals surface area contributed by atoms with E-state index in [-0.39, 0.29) is 47.8 Å². The van der Waals surface area contributed by atoms with E-state index in [4.69, 9.17) is 0 Å². The number of piperidine rings is 1. The van der Waals surface area contributed by atoms with Crippen molar-refractivity contribution in [3.63, 3.8) is 0 Å². The topological polar surface area (TPSA) is 76.5 Å². The van der Waals surface area contributed by atoms with Gasteiger partial charge in [-0.25, -0.2) is 9.37 Å². The molecule has 0 aliphatic carbocycles. The van der Waals surface area contributed by atoms with Gasteiger partial charge in [0.25, 0.3) is 0 Å². The lowest BCUT2D eigenvalue weighted by Crippen LogP contribution is -2.55. The first-order valence-corrected chi connectivity index (χ1v) is 12.0. The predicted octanol–water partition coefficient (Wildman–Crippen LogP) is 4.38. The Kier molecular flexibility index (Phi) is 6.03. The second kappa shape index (κ2) is 8.77. The third kappa shape index (κ3) is 4.88. The molecule has 0 bridgehead atoms. The molecule has 0 saturated carbocycles. The fraction of sp³-hybridized carbons (Fsp3) is 0.583. The second-order valence-corrected chi connectivity index (χ2v) is 10.4. The van der Waals surface area contributed by atoms with Gasteiger partial charge in [0.05, 0.1) is 17.9 Å². The maximum Gasteiger partial charge on any atom is 0.418 e. The van der Waals surface area contributed by atoms with Crippen LogP contribution in [0.15, 0.2) is 24.4 Å². The number of alkyl halides is 3.